The molecule has 0 unspecified atom stereocenters. The van der Waals surface area contributed by atoms with E-state index in [0.717, 1.165) is 0 Å². The van der Waals surface area contributed by atoms with Crippen LogP contribution in [0.15, 0.2) is 0 Å². The van der Waals surface area contributed by atoms with Crippen LogP contribution in [0.25, 0.3) is 0 Å². The number of aliphatic hydroxyl groups excluding tert-OH is 5. The van der Waals surface area contributed by atoms with E-state index in [0.29, 0.717) is 0 Å². The van der Waals surface area contributed by atoms with Crippen LogP contribution in [0.2, 0.25) is 0 Å². The number of carbonyl (C=O) groups is 1. The van der Waals surface area contributed by atoms with Gasteiger partial charge < -0.3 is 31.8 Å². The molecule has 0 aliphatic carbocycles. The third-order valence-electron chi connectivity index (χ3n) is 1.42. The fraction of sp³-hybridized carbons (Fsp3) is 0.833. The summed E-state index contributed by atoms with van der Waals surface area (Å²) in [6, 6.07) is 0. The number of carbonyl (C=O) groups excluding carboxylic acids is 1. The molecule has 12 heteroatoms. The van der Waals surface area contributed by atoms with Crippen LogP contribution in [0.4, 0.5) is 0 Å². The Hall–Kier alpha value is 0.340. The Bertz CT molecular complexity index is 303. The van der Waals surface area contributed by atoms with E-state index in [1.165, 1.54) is 0 Å². The summed E-state index contributed by atoms with van der Waals surface area (Å²) in [6.07, 6.45) is -6.84. The Labute approximate surface area is 126 Å². The van der Waals surface area contributed by atoms with Crippen molar-refractivity contribution < 1.29 is 78.8 Å². The van der Waals surface area contributed by atoms with E-state index in [4.69, 9.17) is 43.1 Å². The van der Waals surface area contributed by atoms with Gasteiger partial charge in [0.2, 0.25) is 0 Å². The van der Waals surface area contributed by atoms with Gasteiger partial charge in [-0.1, -0.05) is 0 Å². The Morgan fingerprint density at radius 3 is 1.61 bits per heavy atom. The molecule has 0 radical (unpaired) electrons. The van der Waals surface area contributed by atoms with Gasteiger partial charge in [-0.25, -0.2) is 0 Å². The molecule has 0 saturated carbocycles. The van der Waals surface area contributed by atoms with Crippen molar-refractivity contribution in [2.24, 2.45) is 0 Å². The second-order valence-electron chi connectivity index (χ2n) is 2.81. The van der Waals surface area contributed by atoms with Gasteiger partial charge in [-0.2, -0.15) is 8.42 Å². The second-order valence-corrected chi connectivity index (χ2v) is 3.70. The number of hydrogen-bond donors (Lipinski definition) is 7. The van der Waals surface area contributed by atoms with Crippen LogP contribution in [0.1, 0.15) is 1.43 Å². The zero-order valence-electron chi connectivity index (χ0n) is 10.4. The molecular weight excluding hydrogens is 287 g/mol. The normalized spacial score (nSPS) is 17.3. The summed E-state index contributed by atoms with van der Waals surface area (Å²) in [5.41, 5.74) is 0. The molecule has 10 nitrogen and oxygen atoms in total. The zero-order chi connectivity index (χ0) is 14.2. The van der Waals surface area contributed by atoms with E-state index in [-0.39, 0.29) is 37.3 Å². The maximum Gasteiger partial charge on any atom is 1.00 e. The van der Waals surface area contributed by atoms with Gasteiger partial charge in [0, 0.05) is 0 Å². The van der Waals surface area contributed by atoms with Crippen molar-refractivity contribution in [2.75, 3.05) is 6.61 Å². The topological polar surface area (TPSA) is 193 Å². The van der Waals surface area contributed by atoms with Crippen molar-refractivity contribution in [1.29, 1.82) is 0 Å². The predicted molar refractivity (Wildman–Crippen MR) is 52.5 cm³/mol. The molecule has 0 aromatic heterocycles. The molecule has 0 amide bonds. The van der Waals surface area contributed by atoms with Crippen molar-refractivity contribution in [3.63, 3.8) is 0 Å². The molecule has 0 bridgehead atoms. The van der Waals surface area contributed by atoms with E-state index in [9.17, 15) is 4.79 Å². The number of aliphatic hydroxyl groups is 5. The van der Waals surface area contributed by atoms with Crippen LogP contribution in [-0.4, -0.2) is 80.4 Å². The van der Waals surface area contributed by atoms with Gasteiger partial charge in [-0.3, -0.25) is 9.11 Å². The molecule has 7 N–H and O–H groups in total. The standard InChI is InChI=1S/C6H12O6.Na.H2O4S.H/c7-1-3(9)5(11)6(12)4(10)2-8;;1-5(2,3)4;/h1,3-6,8-12H,2H2;;(H2,1,2,3,4);/q;+1;;-1/t3-,4+,5+,6+;;;/m0.../s1. The summed E-state index contributed by atoms with van der Waals surface area (Å²) >= 11 is 0. The summed E-state index contributed by atoms with van der Waals surface area (Å²) in [7, 11) is -4.67. The van der Waals surface area contributed by atoms with Crippen molar-refractivity contribution in [3.8, 4) is 0 Å². The van der Waals surface area contributed by atoms with Gasteiger partial charge in [0.05, 0.1) is 6.61 Å². The molecule has 0 heterocycles. The van der Waals surface area contributed by atoms with Gasteiger partial charge in [-0.15, -0.1) is 0 Å². The number of aldehydes is 1. The van der Waals surface area contributed by atoms with Crippen molar-refractivity contribution in [3.05, 3.63) is 0 Å². The molecule has 0 aliphatic heterocycles. The van der Waals surface area contributed by atoms with Gasteiger partial charge in [0.15, 0.2) is 6.29 Å². The summed E-state index contributed by atoms with van der Waals surface area (Å²) in [4.78, 5) is 9.90. The first-order valence-corrected chi connectivity index (χ1v) is 5.42. The van der Waals surface area contributed by atoms with Crippen LogP contribution in [0.5, 0.6) is 0 Å². The molecule has 0 saturated heterocycles. The van der Waals surface area contributed by atoms with E-state index in [2.05, 4.69) is 0 Å². The monoisotopic (exact) mass is 302 g/mol. The van der Waals surface area contributed by atoms with Gasteiger partial charge in [-0.05, 0) is 0 Å². The Morgan fingerprint density at radius 2 is 1.39 bits per heavy atom. The Kier molecular flexibility index (Phi) is 14.6. The molecule has 4 atom stereocenters. The van der Waals surface area contributed by atoms with Crippen LogP contribution >= 0.6 is 0 Å². The van der Waals surface area contributed by atoms with E-state index >= 15 is 0 Å². The van der Waals surface area contributed by atoms with E-state index in [1.54, 1.807) is 0 Å². The van der Waals surface area contributed by atoms with E-state index < -0.39 is 41.4 Å². The minimum Gasteiger partial charge on any atom is -1.00 e. The SMILES string of the molecule is O=C[C@H](O)[C@@H](O)[C@H](O)[C@H](O)CO.O=S(=O)(O)O.[H-].[Na+]. The van der Waals surface area contributed by atoms with Crippen LogP contribution in [0, 0.1) is 0 Å². The summed E-state index contributed by atoms with van der Waals surface area (Å²) in [6.45, 7) is -0.760. The number of hydrogen-bond acceptors (Lipinski definition) is 8. The quantitative estimate of drug-likeness (QED) is 0.146. The van der Waals surface area contributed by atoms with Gasteiger partial charge >= 0.3 is 40.0 Å². The summed E-state index contributed by atoms with van der Waals surface area (Å²) in [5, 5.41) is 43.5. The van der Waals surface area contributed by atoms with Crippen LogP contribution in [0.3, 0.4) is 0 Å². The fourth-order valence-electron chi connectivity index (χ4n) is 0.618. The summed E-state index contributed by atoms with van der Waals surface area (Å²) in [5.74, 6) is 0. The predicted octanol–water partition coefficient (Wildman–Crippen LogP) is -6.92. The first-order chi connectivity index (χ1) is 7.54. The van der Waals surface area contributed by atoms with Crippen molar-refractivity contribution >= 4 is 16.7 Å². The molecule has 0 aliphatic rings. The van der Waals surface area contributed by atoms with E-state index in [1.807, 2.05) is 0 Å². The summed E-state index contributed by atoms with van der Waals surface area (Å²) < 4.78 is 31.6. The Balaban J connectivity index is -0.000000139. The molecule has 0 fully saturated rings. The molecule has 106 valence electrons. The third-order valence-corrected chi connectivity index (χ3v) is 1.42. The minimum absolute atomic E-state index is 0. The largest absolute Gasteiger partial charge is 1.00 e. The molecule has 0 rings (SSSR count). The zero-order valence-corrected chi connectivity index (χ0v) is 12.2. The molecule has 0 aromatic rings. The van der Waals surface area contributed by atoms with Crippen LogP contribution < -0.4 is 29.6 Å². The fourth-order valence-corrected chi connectivity index (χ4v) is 0.618. The molecule has 18 heavy (non-hydrogen) atoms. The number of rotatable bonds is 5. The third kappa shape index (κ3) is 14.4. The van der Waals surface area contributed by atoms with Crippen molar-refractivity contribution in [2.45, 2.75) is 24.4 Å². The first-order valence-electron chi connectivity index (χ1n) is 4.02. The van der Waals surface area contributed by atoms with Gasteiger partial charge in [0.25, 0.3) is 0 Å². The smallest absolute Gasteiger partial charge is 1.00 e. The van der Waals surface area contributed by atoms with Crippen molar-refractivity contribution in [1.82, 2.24) is 0 Å². The Morgan fingerprint density at radius 1 is 1.06 bits per heavy atom. The maximum absolute atomic E-state index is 9.90. The minimum atomic E-state index is -4.67. The first kappa shape index (κ1) is 23.4. The van der Waals surface area contributed by atoms with Gasteiger partial charge in [0.1, 0.15) is 24.4 Å². The molecular formula is C6H15NaO10S. The average molecular weight is 302 g/mol. The molecule has 0 spiro atoms. The molecule has 0 aromatic carbocycles. The second kappa shape index (κ2) is 11.2. The van der Waals surface area contributed by atoms with Crippen LogP contribution in [-0.2, 0) is 15.2 Å². The maximum atomic E-state index is 9.90. The average Bonchev–Trinajstić information content (AvgIpc) is 2.22.